The second-order valence-electron chi connectivity index (χ2n) is 4.43. The minimum absolute atomic E-state index is 0.383. The van der Waals surface area contributed by atoms with Gasteiger partial charge < -0.3 is 9.67 Å². The molecule has 1 heterocycles. The molecule has 0 radical (unpaired) electrons. The molecule has 0 aliphatic rings. The first-order valence-electron chi connectivity index (χ1n) is 6.24. The molecule has 102 valence electrons. The van der Waals surface area contributed by atoms with Crippen LogP contribution in [0.4, 0.5) is 0 Å². The average Bonchev–Trinajstić information content (AvgIpc) is 2.83. The lowest BCUT2D eigenvalue weighted by Crippen LogP contribution is -2.09. The molecule has 0 fully saturated rings. The second kappa shape index (κ2) is 6.42. The van der Waals surface area contributed by atoms with Crippen LogP contribution in [-0.4, -0.2) is 14.7 Å². The molecule has 19 heavy (non-hydrogen) atoms. The highest BCUT2D eigenvalue weighted by Crippen LogP contribution is 2.29. The van der Waals surface area contributed by atoms with Crippen molar-refractivity contribution in [2.45, 2.75) is 32.4 Å². The number of halogens is 2. The van der Waals surface area contributed by atoms with Crippen LogP contribution in [0.15, 0.2) is 30.7 Å². The maximum Gasteiger partial charge on any atom is 0.0997 e. The average molecular weight is 299 g/mol. The Kier molecular flexibility index (Phi) is 4.86. The molecule has 1 N–H and O–H groups in total. The fraction of sp³-hybridized carbons (Fsp3) is 0.357. The van der Waals surface area contributed by atoms with Gasteiger partial charge in [0.15, 0.2) is 0 Å². The predicted molar refractivity (Wildman–Crippen MR) is 77.6 cm³/mol. The maximum atomic E-state index is 10.3. The van der Waals surface area contributed by atoms with E-state index in [0.29, 0.717) is 16.5 Å². The summed E-state index contributed by atoms with van der Waals surface area (Å²) in [5, 5.41) is 11.5. The first-order valence-corrected chi connectivity index (χ1v) is 7.00. The van der Waals surface area contributed by atoms with Crippen LogP contribution < -0.4 is 0 Å². The SMILES string of the molecule is CCCn1cncc1C(O)Cc1c(Cl)cccc1Cl. The number of nitrogens with zero attached hydrogens (tertiary/aromatic N) is 2. The standard InChI is InChI=1S/C14H16Cl2N2O/c1-2-6-18-9-17-8-13(18)14(19)7-10-11(15)4-3-5-12(10)16/h3-5,8-9,14,19H,2,6-7H2,1H3. The van der Waals surface area contributed by atoms with E-state index in [1.165, 1.54) is 0 Å². The van der Waals surface area contributed by atoms with E-state index in [4.69, 9.17) is 23.2 Å². The van der Waals surface area contributed by atoms with Gasteiger partial charge in [0.05, 0.1) is 24.3 Å². The molecule has 0 spiro atoms. The van der Waals surface area contributed by atoms with Gasteiger partial charge in [0.1, 0.15) is 0 Å². The molecule has 0 saturated carbocycles. The molecule has 0 aliphatic carbocycles. The number of aliphatic hydroxyl groups excluding tert-OH is 1. The number of aromatic nitrogens is 2. The first-order chi connectivity index (χ1) is 9.13. The molecule has 2 rings (SSSR count). The molecule has 0 amide bonds. The number of benzene rings is 1. The van der Waals surface area contributed by atoms with Crippen molar-refractivity contribution in [3.05, 3.63) is 52.0 Å². The van der Waals surface area contributed by atoms with Crippen LogP contribution in [-0.2, 0) is 13.0 Å². The van der Waals surface area contributed by atoms with Crippen LogP contribution >= 0.6 is 23.2 Å². The van der Waals surface area contributed by atoms with Crippen molar-refractivity contribution >= 4 is 23.2 Å². The van der Waals surface area contributed by atoms with Gasteiger partial charge >= 0.3 is 0 Å². The number of hydrogen-bond donors (Lipinski definition) is 1. The van der Waals surface area contributed by atoms with Crippen LogP contribution in [0, 0.1) is 0 Å². The van der Waals surface area contributed by atoms with E-state index in [2.05, 4.69) is 11.9 Å². The molecule has 1 atom stereocenters. The van der Waals surface area contributed by atoms with Crippen LogP contribution in [0.1, 0.15) is 30.7 Å². The lowest BCUT2D eigenvalue weighted by molar-refractivity contribution is 0.168. The van der Waals surface area contributed by atoms with E-state index in [1.807, 2.05) is 4.57 Å². The zero-order chi connectivity index (χ0) is 13.8. The molecule has 1 aromatic carbocycles. The topological polar surface area (TPSA) is 38.0 Å². The summed E-state index contributed by atoms with van der Waals surface area (Å²) in [5.74, 6) is 0. The van der Waals surface area contributed by atoms with Gasteiger partial charge in [0, 0.05) is 23.0 Å². The third-order valence-electron chi connectivity index (χ3n) is 3.01. The Hall–Kier alpha value is -1.03. The van der Waals surface area contributed by atoms with Crippen LogP contribution in [0.3, 0.4) is 0 Å². The van der Waals surface area contributed by atoms with Crippen molar-refractivity contribution in [1.82, 2.24) is 9.55 Å². The van der Waals surface area contributed by atoms with E-state index in [0.717, 1.165) is 24.2 Å². The third-order valence-corrected chi connectivity index (χ3v) is 3.72. The summed E-state index contributed by atoms with van der Waals surface area (Å²) in [7, 11) is 0. The fourth-order valence-electron chi connectivity index (χ4n) is 2.06. The monoisotopic (exact) mass is 298 g/mol. The summed E-state index contributed by atoms with van der Waals surface area (Å²) in [5.41, 5.74) is 1.56. The summed E-state index contributed by atoms with van der Waals surface area (Å²) in [4.78, 5) is 4.09. The van der Waals surface area contributed by atoms with Crippen molar-refractivity contribution in [3.8, 4) is 0 Å². The smallest absolute Gasteiger partial charge is 0.0997 e. The van der Waals surface area contributed by atoms with Crippen molar-refractivity contribution < 1.29 is 5.11 Å². The van der Waals surface area contributed by atoms with Gasteiger partial charge in [-0.3, -0.25) is 0 Å². The Morgan fingerprint density at radius 1 is 1.32 bits per heavy atom. The van der Waals surface area contributed by atoms with Gasteiger partial charge in [-0.2, -0.15) is 0 Å². The quantitative estimate of drug-likeness (QED) is 0.910. The summed E-state index contributed by atoms with van der Waals surface area (Å²) < 4.78 is 1.95. The Morgan fingerprint density at radius 3 is 2.63 bits per heavy atom. The van der Waals surface area contributed by atoms with E-state index < -0.39 is 6.10 Å². The predicted octanol–water partition coefficient (Wildman–Crippen LogP) is 3.88. The molecule has 0 bridgehead atoms. The van der Waals surface area contributed by atoms with Crippen molar-refractivity contribution in [1.29, 1.82) is 0 Å². The fourth-order valence-corrected chi connectivity index (χ4v) is 2.61. The molecule has 5 heteroatoms. The van der Waals surface area contributed by atoms with Gasteiger partial charge in [-0.05, 0) is 24.1 Å². The van der Waals surface area contributed by atoms with E-state index in [1.54, 1.807) is 30.7 Å². The van der Waals surface area contributed by atoms with Gasteiger partial charge in [0.25, 0.3) is 0 Å². The Labute approximate surface area is 122 Å². The molecule has 0 saturated heterocycles. The number of imidazole rings is 1. The molecular formula is C14H16Cl2N2O. The highest BCUT2D eigenvalue weighted by atomic mass is 35.5. The zero-order valence-electron chi connectivity index (χ0n) is 10.7. The number of rotatable bonds is 5. The van der Waals surface area contributed by atoms with E-state index in [9.17, 15) is 5.11 Å². The van der Waals surface area contributed by atoms with Crippen LogP contribution in [0.5, 0.6) is 0 Å². The van der Waals surface area contributed by atoms with Crippen LogP contribution in [0.25, 0.3) is 0 Å². The molecule has 1 unspecified atom stereocenters. The second-order valence-corrected chi connectivity index (χ2v) is 5.25. The molecule has 1 aromatic heterocycles. The highest BCUT2D eigenvalue weighted by molar-refractivity contribution is 6.35. The third kappa shape index (κ3) is 3.30. The van der Waals surface area contributed by atoms with Gasteiger partial charge in [0.2, 0.25) is 0 Å². The van der Waals surface area contributed by atoms with Gasteiger partial charge in [-0.25, -0.2) is 4.98 Å². The minimum atomic E-state index is -0.661. The lowest BCUT2D eigenvalue weighted by atomic mass is 10.1. The van der Waals surface area contributed by atoms with Gasteiger partial charge in [-0.15, -0.1) is 0 Å². The molecular weight excluding hydrogens is 283 g/mol. The Balaban J connectivity index is 2.21. The molecule has 2 aromatic rings. The van der Waals surface area contributed by atoms with Crippen molar-refractivity contribution in [2.75, 3.05) is 0 Å². The first kappa shape index (κ1) is 14.4. The van der Waals surface area contributed by atoms with Gasteiger partial charge in [-0.1, -0.05) is 36.2 Å². The lowest BCUT2D eigenvalue weighted by Gasteiger charge is -2.15. The number of aryl methyl sites for hydroxylation is 1. The maximum absolute atomic E-state index is 10.3. The normalized spacial score (nSPS) is 12.6. The Morgan fingerprint density at radius 2 is 2.00 bits per heavy atom. The van der Waals surface area contributed by atoms with Crippen LogP contribution in [0.2, 0.25) is 10.0 Å². The summed E-state index contributed by atoms with van der Waals surface area (Å²) in [6.45, 7) is 2.92. The summed E-state index contributed by atoms with van der Waals surface area (Å²) in [6, 6.07) is 5.35. The number of aliphatic hydroxyl groups is 1. The van der Waals surface area contributed by atoms with E-state index >= 15 is 0 Å². The molecule has 3 nitrogen and oxygen atoms in total. The Bertz CT molecular complexity index is 534. The van der Waals surface area contributed by atoms with Crippen molar-refractivity contribution in [3.63, 3.8) is 0 Å². The zero-order valence-corrected chi connectivity index (χ0v) is 12.2. The largest absolute Gasteiger partial charge is 0.386 e. The van der Waals surface area contributed by atoms with E-state index in [-0.39, 0.29) is 0 Å². The number of hydrogen-bond acceptors (Lipinski definition) is 2. The molecule has 0 aliphatic heterocycles. The summed E-state index contributed by atoms with van der Waals surface area (Å²) >= 11 is 12.2. The minimum Gasteiger partial charge on any atom is -0.386 e. The summed E-state index contributed by atoms with van der Waals surface area (Å²) in [6.07, 6.45) is 4.13. The highest BCUT2D eigenvalue weighted by Gasteiger charge is 2.16. The van der Waals surface area contributed by atoms with Crippen molar-refractivity contribution in [2.24, 2.45) is 0 Å².